The van der Waals surface area contributed by atoms with Gasteiger partial charge in [-0.2, -0.15) is 0 Å². The third-order valence-electron chi connectivity index (χ3n) is 2.84. The highest BCUT2D eigenvalue weighted by Crippen LogP contribution is 2.14. The zero-order valence-corrected chi connectivity index (χ0v) is 12.3. The van der Waals surface area contributed by atoms with Crippen molar-refractivity contribution in [3.05, 3.63) is 59.7 Å². The number of hydrogen-bond donors (Lipinski definition) is 2. The molecular weight excluding hydrogens is 286 g/mol. The SMILES string of the molecule is NC(=S)c1ccc(OCCOc2cccc(CO)c2)cc1. The van der Waals surface area contributed by atoms with Gasteiger partial charge in [0.2, 0.25) is 0 Å². The van der Waals surface area contributed by atoms with Crippen LogP contribution in [0, 0.1) is 0 Å². The van der Waals surface area contributed by atoms with Gasteiger partial charge in [-0.15, -0.1) is 0 Å². The smallest absolute Gasteiger partial charge is 0.122 e. The Kier molecular flexibility index (Phi) is 5.54. The largest absolute Gasteiger partial charge is 0.490 e. The van der Waals surface area contributed by atoms with Gasteiger partial charge in [0, 0.05) is 5.56 Å². The van der Waals surface area contributed by atoms with E-state index in [1.165, 1.54) is 0 Å². The summed E-state index contributed by atoms with van der Waals surface area (Å²) < 4.78 is 11.1. The maximum Gasteiger partial charge on any atom is 0.122 e. The van der Waals surface area contributed by atoms with Crippen LogP contribution in [-0.4, -0.2) is 23.3 Å². The normalized spacial score (nSPS) is 10.1. The third-order valence-corrected chi connectivity index (χ3v) is 3.08. The predicted octanol–water partition coefficient (Wildman–Crippen LogP) is 2.27. The van der Waals surface area contributed by atoms with E-state index < -0.39 is 0 Å². The minimum absolute atomic E-state index is 0.00303. The number of aliphatic hydroxyl groups excluding tert-OH is 1. The molecular formula is C16H17NO3S. The van der Waals surface area contributed by atoms with Crippen molar-refractivity contribution in [3.8, 4) is 11.5 Å². The molecule has 0 atom stereocenters. The number of aliphatic hydroxyl groups is 1. The van der Waals surface area contributed by atoms with Crippen molar-refractivity contribution in [2.45, 2.75) is 6.61 Å². The second-order valence-corrected chi connectivity index (χ2v) is 4.83. The summed E-state index contributed by atoms with van der Waals surface area (Å²) in [6.07, 6.45) is 0. The van der Waals surface area contributed by atoms with Crippen LogP contribution < -0.4 is 15.2 Å². The molecule has 0 radical (unpaired) electrons. The molecule has 21 heavy (non-hydrogen) atoms. The van der Waals surface area contributed by atoms with E-state index in [1.807, 2.05) is 42.5 Å². The minimum atomic E-state index is 0.00303. The fourth-order valence-electron chi connectivity index (χ4n) is 1.77. The molecule has 4 nitrogen and oxygen atoms in total. The Labute approximate surface area is 129 Å². The van der Waals surface area contributed by atoms with Crippen molar-refractivity contribution >= 4 is 17.2 Å². The number of nitrogens with two attached hydrogens (primary N) is 1. The Bertz CT molecular complexity index is 599. The van der Waals surface area contributed by atoms with E-state index >= 15 is 0 Å². The fourth-order valence-corrected chi connectivity index (χ4v) is 1.90. The lowest BCUT2D eigenvalue weighted by atomic mass is 10.2. The van der Waals surface area contributed by atoms with Crippen molar-refractivity contribution in [2.75, 3.05) is 13.2 Å². The van der Waals surface area contributed by atoms with Gasteiger partial charge in [0.1, 0.15) is 29.7 Å². The highest BCUT2D eigenvalue weighted by Gasteiger charge is 1.99. The van der Waals surface area contributed by atoms with E-state index in [4.69, 9.17) is 32.5 Å². The van der Waals surface area contributed by atoms with E-state index in [9.17, 15) is 0 Å². The van der Waals surface area contributed by atoms with Crippen LogP contribution in [0.25, 0.3) is 0 Å². The minimum Gasteiger partial charge on any atom is -0.490 e. The Balaban J connectivity index is 1.77. The fraction of sp³-hybridized carbons (Fsp3) is 0.188. The number of thiocarbonyl (C=S) groups is 1. The third kappa shape index (κ3) is 4.73. The summed E-state index contributed by atoms with van der Waals surface area (Å²) in [5.74, 6) is 1.46. The van der Waals surface area contributed by atoms with Gasteiger partial charge >= 0.3 is 0 Å². The highest BCUT2D eigenvalue weighted by molar-refractivity contribution is 7.80. The molecule has 0 bridgehead atoms. The first-order valence-electron chi connectivity index (χ1n) is 6.54. The van der Waals surface area contributed by atoms with Gasteiger partial charge in [-0.05, 0) is 42.0 Å². The summed E-state index contributed by atoms with van der Waals surface area (Å²) >= 11 is 4.89. The first kappa shape index (κ1) is 15.3. The monoisotopic (exact) mass is 303 g/mol. The van der Waals surface area contributed by atoms with Gasteiger partial charge in [-0.25, -0.2) is 0 Å². The first-order valence-corrected chi connectivity index (χ1v) is 6.95. The molecule has 0 aliphatic heterocycles. The quantitative estimate of drug-likeness (QED) is 0.607. The molecule has 5 heteroatoms. The molecule has 0 fully saturated rings. The number of rotatable bonds is 7. The average Bonchev–Trinajstić information content (AvgIpc) is 2.52. The van der Waals surface area contributed by atoms with Crippen molar-refractivity contribution in [1.29, 1.82) is 0 Å². The molecule has 0 aromatic heterocycles. The first-order chi connectivity index (χ1) is 10.2. The summed E-state index contributed by atoms with van der Waals surface area (Å²) in [5.41, 5.74) is 7.16. The number of hydrogen-bond acceptors (Lipinski definition) is 4. The van der Waals surface area contributed by atoms with E-state index in [0.717, 1.165) is 16.9 Å². The molecule has 2 rings (SSSR count). The molecule has 0 saturated carbocycles. The highest BCUT2D eigenvalue weighted by atomic mass is 32.1. The van der Waals surface area contributed by atoms with Crippen molar-refractivity contribution in [2.24, 2.45) is 5.73 Å². The molecule has 2 aromatic rings. The van der Waals surface area contributed by atoms with Crippen LogP contribution >= 0.6 is 12.2 Å². The second kappa shape index (κ2) is 7.61. The zero-order valence-electron chi connectivity index (χ0n) is 11.5. The Morgan fingerprint density at radius 1 is 1.00 bits per heavy atom. The Morgan fingerprint density at radius 3 is 2.29 bits per heavy atom. The lowest BCUT2D eigenvalue weighted by molar-refractivity contribution is 0.216. The average molecular weight is 303 g/mol. The van der Waals surface area contributed by atoms with E-state index in [0.29, 0.717) is 24.0 Å². The summed E-state index contributed by atoms with van der Waals surface area (Å²) in [4.78, 5) is 0.369. The molecule has 3 N–H and O–H groups in total. The zero-order chi connectivity index (χ0) is 15.1. The molecule has 0 unspecified atom stereocenters. The van der Waals surface area contributed by atoms with Gasteiger partial charge in [0.25, 0.3) is 0 Å². The van der Waals surface area contributed by atoms with Crippen LogP contribution in [0.2, 0.25) is 0 Å². The van der Waals surface area contributed by atoms with E-state index in [2.05, 4.69) is 0 Å². The summed E-state index contributed by atoms with van der Waals surface area (Å²) in [5, 5.41) is 9.05. The molecule has 110 valence electrons. The summed E-state index contributed by atoms with van der Waals surface area (Å²) in [6, 6.07) is 14.6. The molecule has 0 aliphatic rings. The Hall–Kier alpha value is -2.11. The van der Waals surface area contributed by atoms with Crippen molar-refractivity contribution in [1.82, 2.24) is 0 Å². The predicted molar refractivity (Wildman–Crippen MR) is 85.7 cm³/mol. The lowest BCUT2D eigenvalue weighted by Gasteiger charge is -2.09. The van der Waals surface area contributed by atoms with Crippen molar-refractivity contribution in [3.63, 3.8) is 0 Å². The van der Waals surface area contributed by atoms with Gasteiger partial charge < -0.3 is 20.3 Å². The molecule has 0 amide bonds. The maximum absolute atomic E-state index is 9.05. The lowest BCUT2D eigenvalue weighted by Crippen LogP contribution is -2.10. The Morgan fingerprint density at radius 2 is 1.67 bits per heavy atom. The standard InChI is InChI=1S/C16H17NO3S/c17-16(21)13-4-6-14(7-5-13)19-8-9-20-15-3-1-2-12(10-15)11-18/h1-7,10,18H,8-9,11H2,(H2,17,21). The molecule has 0 spiro atoms. The van der Waals surface area contributed by atoms with Crippen molar-refractivity contribution < 1.29 is 14.6 Å². The number of ether oxygens (including phenoxy) is 2. The van der Waals surface area contributed by atoms with Crippen LogP contribution in [0.5, 0.6) is 11.5 Å². The number of benzene rings is 2. The van der Waals surface area contributed by atoms with Crippen LogP contribution in [0.4, 0.5) is 0 Å². The molecule has 0 saturated heterocycles. The topological polar surface area (TPSA) is 64.7 Å². The van der Waals surface area contributed by atoms with Crippen LogP contribution in [0.1, 0.15) is 11.1 Å². The molecule has 0 heterocycles. The second-order valence-electron chi connectivity index (χ2n) is 4.39. The van der Waals surface area contributed by atoms with Gasteiger partial charge in [0.15, 0.2) is 0 Å². The van der Waals surface area contributed by atoms with Crippen LogP contribution in [0.3, 0.4) is 0 Å². The molecule has 0 aliphatic carbocycles. The summed E-state index contributed by atoms with van der Waals surface area (Å²) in [6.45, 7) is 0.852. The van der Waals surface area contributed by atoms with Gasteiger partial charge in [-0.3, -0.25) is 0 Å². The molecule has 2 aromatic carbocycles. The van der Waals surface area contributed by atoms with E-state index in [1.54, 1.807) is 6.07 Å². The van der Waals surface area contributed by atoms with E-state index in [-0.39, 0.29) is 6.61 Å². The maximum atomic E-state index is 9.05. The van der Waals surface area contributed by atoms with Gasteiger partial charge in [0.05, 0.1) is 6.61 Å². The van der Waals surface area contributed by atoms with Gasteiger partial charge in [-0.1, -0.05) is 24.4 Å². The summed E-state index contributed by atoms with van der Waals surface area (Å²) in [7, 11) is 0. The van der Waals surface area contributed by atoms with Crippen LogP contribution in [0.15, 0.2) is 48.5 Å². The van der Waals surface area contributed by atoms with Crippen LogP contribution in [-0.2, 0) is 6.61 Å².